The van der Waals surface area contributed by atoms with E-state index in [9.17, 15) is 4.57 Å². The van der Waals surface area contributed by atoms with Gasteiger partial charge in [0.15, 0.2) is 7.29 Å². The molecule has 0 aromatic rings. The van der Waals surface area contributed by atoms with Gasteiger partial charge in [-0.05, 0) is 6.92 Å². The number of hydrogen-bond donors (Lipinski definition) is 0. The lowest BCUT2D eigenvalue weighted by Gasteiger charge is -2.26. The van der Waals surface area contributed by atoms with Crippen molar-refractivity contribution >= 4 is 7.29 Å². The first-order valence-electron chi connectivity index (χ1n) is 4.61. The van der Waals surface area contributed by atoms with Gasteiger partial charge in [0.25, 0.3) is 0 Å². The highest BCUT2D eigenvalue weighted by molar-refractivity contribution is 7.62. The van der Waals surface area contributed by atoms with Crippen LogP contribution < -0.4 is 0 Å². The van der Waals surface area contributed by atoms with E-state index in [1.807, 2.05) is 0 Å². The Labute approximate surface area is 75.1 Å². The van der Waals surface area contributed by atoms with Crippen molar-refractivity contribution in [2.75, 3.05) is 25.4 Å². The molecule has 2 nitrogen and oxygen atoms in total. The molecule has 1 rings (SSSR count). The van der Waals surface area contributed by atoms with Crippen LogP contribution in [0.5, 0.6) is 0 Å². The molecule has 0 aromatic carbocycles. The van der Waals surface area contributed by atoms with Crippen LogP contribution in [0.2, 0.25) is 0 Å². The molecule has 0 saturated heterocycles. The third kappa shape index (κ3) is 1.81. The van der Waals surface area contributed by atoms with Gasteiger partial charge in [0.05, 0.1) is 0 Å². The molecule has 70 valence electrons. The Bertz CT molecular complexity index is 231. The van der Waals surface area contributed by atoms with E-state index in [0.29, 0.717) is 0 Å². The minimum atomic E-state index is -2.00. The van der Waals surface area contributed by atoms with Crippen LogP contribution in [-0.2, 0) is 4.57 Å². The molecule has 0 fully saturated rings. The number of nitrogens with zero attached hydrogens (tertiary/aromatic N) is 1. The van der Waals surface area contributed by atoms with Crippen molar-refractivity contribution in [3.05, 3.63) is 11.6 Å². The smallest absolute Gasteiger partial charge is 0.157 e. The summed E-state index contributed by atoms with van der Waals surface area (Å²) in [6.07, 6.45) is 3.73. The summed E-state index contributed by atoms with van der Waals surface area (Å²) in [6.45, 7) is 8.06. The molecule has 0 radical (unpaired) electrons. The largest absolute Gasteiger partial charge is 0.306 e. The minimum Gasteiger partial charge on any atom is -0.306 e. The van der Waals surface area contributed by atoms with Crippen LogP contribution in [0.15, 0.2) is 11.6 Å². The van der Waals surface area contributed by atoms with E-state index in [1.165, 1.54) is 5.57 Å². The average Bonchev–Trinajstić information content (AvgIpc) is 2.34. The van der Waals surface area contributed by atoms with E-state index < -0.39 is 7.29 Å². The molecular weight excluding hydrogens is 169 g/mol. The van der Waals surface area contributed by atoms with Crippen LogP contribution in [0.4, 0.5) is 0 Å². The summed E-state index contributed by atoms with van der Waals surface area (Å²) in [6, 6.07) is 0. The van der Waals surface area contributed by atoms with Crippen molar-refractivity contribution < 1.29 is 4.57 Å². The molecule has 0 aliphatic carbocycles. The monoisotopic (exact) mass is 187 g/mol. The lowest BCUT2D eigenvalue weighted by molar-refractivity contribution is 0.447. The van der Waals surface area contributed by atoms with E-state index in [-0.39, 0.29) is 0 Å². The fourth-order valence-electron chi connectivity index (χ4n) is 1.77. The van der Waals surface area contributed by atoms with Gasteiger partial charge in [0.1, 0.15) is 0 Å². The van der Waals surface area contributed by atoms with Crippen LogP contribution >= 0.6 is 7.29 Å². The van der Waals surface area contributed by atoms with Crippen molar-refractivity contribution in [1.82, 2.24) is 4.67 Å². The van der Waals surface area contributed by atoms with Gasteiger partial charge in [0, 0.05) is 25.4 Å². The first-order chi connectivity index (χ1) is 5.62. The van der Waals surface area contributed by atoms with Crippen LogP contribution in [0.25, 0.3) is 0 Å². The highest BCUT2D eigenvalue weighted by atomic mass is 31.2. The normalized spacial score (nSPS) is 29.5. The summed E-state index contributed by atoms with van der Waals surface area (Å²) in [5.74, 6) is 0. The van der Waals surface area contributed by atoms with Crippen LogP contribution in [0.3, 0.4) is 0 Å². The number of rotatable bonds is 3. The predicted octanol–water partition coefficient (Wildman–Crippen LogP) is 2.57. The lowest BCUT2D eigenvalue weighted by Crippen LogP contribution is -2.21. The zero-order chi connectivity index (χ0) is 9.19. The summed E-state index contributed by atoms with van der Waals surface area (Å²) < 4.78 is 14.4. The van der Waals surface area contributed by atoms with Gasteiger partial charge in [-0.25, -0.2) is 0 Å². The second-order valence-electron chi connectivity index (χ2n) is 3.38. The molecule has 1 aliphatic rings. The van der Waals surface area contributed by atoms with Gasteiger partial charge in [-0.3, -0.25) is 4.67 Å². The first kappa shape index (κ1) is 10.0. The minimum absolute atomic E-state index is 0.792. The molecule has 0 saturated carbocycles. The zero-order valence-electron chi connectivity index (χ0n) is 8.21. The van der Waals surface area contributed by atoms with Crippen molar-refractivity contribution in [2.45, 2.75) is 20.8 Å². The van der Waals surface area contributed by atoms with Crippen molar-refractivity contribution in [3.8, 4) is 0 Å². The second kappa shape index (κ2) is 3.76. The molecular formula is C9H18NOP. The molecule has 12 heavy (non-hydrogen) atoms. The molecule has 1 heterocycles. The van der Waals surface area contributed by atoms with E-state index >= 15 is 0 Å². The quantitative estimate of drug-likeness (QED) is 0.500. The Balaban J connectivity index is 2.68. The highest BCUT2D eigenvalue weighted by Gasteiger charge is 2.31. The maximum atomic E-state index is 12.3. The Morgan fingerprint density at radius 1 is 1.50 bits per heavy atom. The molecule has 0 unspecified atom stereocenters. The van der Waals surface area contributed by atoms with Gasteiger partial charge in [-0.1, -0.05) is 25.5 Å². The first-order valence-corrected chi connectivity index (χ1v) is 6.64. The fraction of sp³-hybridized carbons (Fsp3) is 0.778. The maximum absolute atomic E-state index is 12.3. The predicted molar refractivity (Wildman–Crippen MR) is 54.0 cm³/mol. The van der Waals surface area contributed by atoms with Gasteiger partial charge in [0.2, 0.25) is 0 Å². The van der Waals surface area contributed by atoms with Crippen molar-refractivity contribution in [2.24, 2.45) is 0 Å². The molecule has 0 bridgehead atoms. The Hall–Kier alpha value is -0.0700. The van der Waals surface area contributed by atoms with Crippen LogP contribution in [0.1, 0.15) is 20.8 Å². The van der Waals surface area contributed by atoms with E-state index in [2.05, 4.69) is 31.5 Å². The van der Waals surface area contributed by atoms with Crippen molar-refractivity contribution in [3.63, 3.8) is 0 Å². The van der Waals surface area contributed by atoms with Crippen LogP contribution in [-0.4, -0.2) is 30.1 Å². The van der Waals surface area contributed by atoms with Gasteiger partial charge in [-0.15, -0.1) is 0 Å². The zero-order valence-corrected chi connectivity index (χ0v) is 9.10. The summed E-state index contributed by atoms with van der Waals surface area (Å²) in [5, 5.41) is 0. The maximum Gasteiger partial charge on any atom is 0.157 e. The lowest BCUT2D eigenvalue weighted by atomic mass is 10.3. The Morgan fingerprint density at radius 2 is 2.08 bits per heavy atom. The average molecular weight is 187 g/mol. The molecule has 0 N–H and O–H groups in total. The standard InChI is InChI=1S/C9H18NOP/c1-4-10(5-2)12(11)7-6-9(3)8-12/h6H,4-5,7-8H2,1-3H3/t12-/m0/s1. The Kier molecular flexibility index (Phi) is 3.14. The van der Waals surface area contributed by atoms with Crippen molar-refractivity contribution in [1.29, 1.82) is 0 Å². The highest BCUT2D eigenvalue weighted by Crippen LogP contribution is 2.54. The van der Waals surface area contributed by atoms with E-state index in [1.54, 1.807) is 0 Å². The third-order valence-corrected chi connectivity index (χ3v) is 5.81. The summed E-state index contributed by atoms with van der Waals surface area (Å²) >= 11 is 0. The second-order valence-corrected chi connectivity index (χ2v) is 6.32. The molecule has 0 spiro atoms. The van der Waals surface area contributed by atoms with Crippen LogP contribution in [0, 0.1) is 0 Å². The Morgan fingerprint density at radius 3 is 2.42 bits per heavy atom. The molecule has 0 aromatic heterocycles. The third-order valence-electron chi connectivity index (χ3n) is 2.47. The number of allylic oxidation sites excluding steroid dienone is 2. The van der Waals surface area contributed by atoms with E-state index in [4.69, 9.17) is 0 Å². The SMILES string of the molecule is CCN(CC)[P@]1(=O)CC=C(C)C1. The number of hydrogen-bond acceptors (Lipinski definition) is 1. The molecule has 0 amide bonds. The van der Waals surface area contributed by atoms with E-state index in [0.717, 1.165) is 25.4 Å². The fourth-order valence-corrected chi connectivity index (χ4v) is 4.87. The topological polar surface area (TPSA) is 20.3 Å². The molecule has 1 atom stereocenters. The molecule has 3 heteroatoms. The summed E-state index contributed by atoms with van der Waals surface area (Å²) in [4.78, 5) is 0. The van der Waals surface area contributed by atoms with Gasteiger partial charge in [-0.2, -0.15) is 0 Å². The van der Waals surface area contributed by atoms with Gasteiger partial charge >= 0.3 is 0 Å². The van der Waals surface area contributed by atoms with Gasteiger partial charge < -0.3 is 4.57 Å². The summed E-state index contributed by atoms with van der Waals surface area (Å²) in [7, 11) is -2.00. The summed E-state index contributed by atoms with van der Waals surface area (Å²) in [5.41, 5.74) is 1.30. The molecule has 1 aliphatic heterocycles.